The zero-order valence-electron chi connectivity index (χ0n) is 15.5. The molecule has 0 N–H and O–H groups in total. The number of carbonyl (C=O) groups excluding carboxylic acids is 1. The molecule has 0 rings (SSSR count). The first-order valence-corrected chi connectivity index (χ1v) is 11.5. The third-order valence-corrected chi connectivity index (χ3v) is 10.1. The van der Waals surface area contributed by atoms with Gasteiger partial charge in [0.2, 0.25) is 0 Å². The minimum atomic E-state index is -2.47. The number of hydrogen-bond donors (Lipinski definition) is 0. The van der Waals surface area contributed by atoms with Crippen LogP contribution in [0.3, 0.4) is 0 Å². The van der Waals surface area contributed by atoms with Gasteiger partial charge in [-0.15, -0.1) is 0 Å². The standard InChI is InChI=1S/C16H35O6P/c1-6-23(5,7-2,15-14-19-4)22-16(17)8-9-20-12-13-21-11-10-18-3/h6-15H2,1-5H3. The minimum absolute atomic E-state index is 0.176. The summed E-state index contributed by atoms with van der Waals surface area (Å²) in [5.74, 6) is -0.176. The van der Waals surface area contributed by atoms with E-state index in [1.165, 1.54) is 0 Å². The molecular weight excluding hydrogens is 319 g/mol. The van der Waals surface area contributed by atoms with Gasteiger partial charge in [0.25, 0.3) is 0 Å². The first kappa shape index (κ1) is 22.7. The first-order chi connectivity index (χ1) is 10.9. The fourth-order valence-corrected chi connectivity index (χ4v) is 4.90. The molecule has 0 aliphatic rings. The number of rotatable bonds is 15. The third kappa shape index (κ3) is 9.58. The van der Waals surface area contributed by atoms with E-state index in [-0.39, 0.29) is 12.4 Å². The van der Waals surface area contributed by atoms with Gasteiger partial charge < -0.3 is 0 Å². The Labute approximate surface area is 141 Å². The van der Waals surface area contributed by atoms with Crippen LogP contribution in [0.15, 0.2) is 0 Å². The summed E-state index contributed by atoms with van der Waals surface area (Å²) in [5.41, 5.74) is 0. The van der Waals surface area contributed by atoms with Gasteiger partial charge in [-0.1, -0.05) is 0 Å². The molecular formula is C16H35O6P. The van der Waals surface area contributed by atoms with Gasteiger partial charge in [0.05, 0.1) is 0 Å². The summed E-state index contributed by atoms with van der Waals surface area (Å²) in [5, 5.41) is 0. The second kappa shape index (κ2) is 12.2. The molecule has 7 heteroatoms. The third-order valence-electron chi connectivity index (χ3n) is 4.35. The zero-order valence-corrected chi connectivity index (χ0v) is 16.4. The van der Waals surface area contributed by atoms with Gasteiger partial charge in [-0.3, -0.25) is 0 Å². The molecule has 0 aliphatic heterocycles. The summed E-state index contributed by atoms with van der Waals surface area (Å²) in [7, 11) is 3.31. The van der Waals surface area contributed by atoms with Crippen molar-refractivity contribution in [1.82, 2.24) is 0 Å². The Morgan fingerprint density at radius 1 is 0.826 bits per heavy atom. The van der Waals surface area contributed by atoms with Crippen LogP contribution in [0, 0.1) is 0 Å². The van der Waals surface area contributed by atoms with Crippen molar-refractivity contribution in [2.75, 3.05) is 79.0 Å². The van der Waals surface area contributed by atoms with Crippen molar-refractivity contribution in [3.8, 4) is 0 Å². The molecule has 0 heterocycles. The Kier molecular flexibility index (Phi) is 12.0. The Bertz CT molecular complexity index is 320. The molecule has 0 radical (unpaired) electrons. The van der Waals surface area contributed by atoms with Crippen LogP contribution in [-0.2, 0) is 28.3 Å². The van der Waals surface area contributed by atoms with Crippen LogP contribution in [0.2, 0.25) is 0 Å². The second-order valence-electron chi connectivity index (χ2n) is 5.97. The van der Waals surface area contributed by atoms with Gasteiger partial charge in [0, 0.05) is 0 Å². The van der Waals surface area contributed by atoms with E-state index in [1.54, 1.807) is 14.2 Å². The van der Waals surface area contributed by atoms with E-state index in [4.69, 9.17) is 23.5 Å². The summed E-state index contributed by atoms with van der Waals surface area (Å²) in [4.78, 5) is 12.2. The van der Waals surface area contributed by atoms with Gasteiger partial charge >= 0.3 is 140 Å². The monoisotopic (exact) mass is 354 g/mol. The number of methoxy groups -OCH3 is 2. The van der Waals surface area contributed by atoms with Crippen molar-refractivity contribution in [3.05, 3.63) is 0 Å². The molecule has 0 spiro atoms. The summed E-state index contributed by atoms with van der Waals surface area (Å²) in [6.45, 7) is 6.94. The van der Waals surface area contributed by atoms with Gasteiger partial charge in [-0.2, -0.15) is 0 Å². The van der Waals surface area contributed by atoms with E-state index in [1.807, 2.05) is 0 Å². The molecule has 0 fully saturated rings. The Morgan fingerprint density at radius 3 is 1.87 bits per heavy atom. The van der Waals surface area contributed by atoms with Crippen LogP contribution in [0.25, 0.3) is 0 Å². The molecule has 0 aromatic rings. The molecule has 6 nitrogen and oxygen atoms in total. The molecule has 0 aromatic carbocycles. The van der Waals surface area contributed by atoms with Crippen LogP contribution in [0.5, 0.6) is 0 Å². The normalized spacial score (nSPS) is 13.5. The van der Waals surface area contributed by atoms with Crippen LogP contribution in [0.4, 0.5) is 0 Å². The Balaban J connectivity index is 4.05. The van der Waals surface area contributed by atoms with Crippen molar-refractivity contribution in [2.24, 2.45) is 0 Å². The average molecular weight is 354 g/mol. The van der Waals surface area contributed by atoms with Crippen molar-refractivity contribution in [2.45, 2.75) is 20.3 Å². The van der Waals surface area contributed by atoms with E-state index in [0.29, 0.717) is 39.6 Å². The Hall–Kier alpha value is -0.260. The van der Waals surface area contributed by atoms with E-state index < -0.39 is 6.83 Å². The summed E-state index contributed by atoms with van der Waals surface area (Å²) >= 11 is 0. The molecule has 0 saturated heterocycles. The molecule has 140 valence electrons. The number of hydrogen-bond acceptors (Lipinski definition) is 6. The fourth-order valence-electron chi connectivity index (χ4n) is 2.05. The number of carbonyl (C=O) groups is 1. The van der Waals surface area contributed by atoms with Crippen molar-refractivity contribution in [1.29, 1.82) is 0 Å². The van der Waals surface area contributed by atoms with E-state index in [2.05, 4.69) is 20.5 Å². The van der Waals surface area contributed by atoms with Crippen LogP contribution < -0.4 is 0 Å². The molecule has 0 atom stereocenters. The summed E-state index contributed by atoms with van der Waals surface area (Å²) in [6, 6.07) is 0. The SMILES string of the molecule is CCP(C)(CC)(CCOC)OC(=O)CCOCCOCCOC. The quantitative estimate of drug-likeness (QED) is 0.332. The molecule has 0 amide bonds. The molecule has 0 aliphatic carbocycles. The molecule has 0 aromatic heterocycles. The predicted molar refractivity (Wildman–Crippen MR) is 94.9 cm³/mol. The number of ether oxygens (including phenoxy) is 4. The van der Waals surface area contributed by atoms with E-state index in [9.17, 15) is 4.79 Å². The van der Waals surface area contributed by atoms with Crippen molar-refractivity contribution < 1.29 is 28.3 Å². The second-order valence-corrected chi connectivity index (χ2v) is 12.2. The van der Waals surface area contributed by atoms with E-state index in [0.717, 1.165) is 18.5 Å². The van der Waals surface area contributed by atoms with E-state index >= 15 is 0 Å². The van der Waals surface area contributed by atoms with Crippen molar-refractivity contribution >= 4 is 12.8 Å². The fraction of sp³-hybridized carbons (Fsp3) is 0.938. The van der Waals surface area contributed by atoms with Gasteiger partial charge in [-0.05, 0) is 0 Å². The molecule has 23 heavy (non-hydrogen) atoms. The zero-order chi connectivity index (χ0) is 17.6. The average Bonchev–Trinajstić information content (AvgIpc) is 2.56. The van der Waals surface area contributed by atoms with Gasteiger partial charge in [0.1, 0.15) is 0 Å². The molecule has 0 saturated carbocycles. The molecule has 0 bridgehead atoms. The van der Waals surface area contributed by atoms with Gasteiger partial charge in [-0.25, -0.2) is 0 Å². The van der Waals surface area contributed by atoms with Crippen LogP contribution in [0.1, 0.15) is 20.3 Å². The van der Waals surface area contributed by atoms with Gasteiger partial charge in [0.15, 0.2) is 0 Å². The first-order valence-electron chi connectivity index (χ1n) is 8.30. The molecule has 0 unspecified atom stereocenters. The topological polar surface area (TPSA) is 63.2 Å². The summed E-state index contributed by atoms with van der Waals surface area (Å²) in [6.07, 6.45) is 2.85. The Morgan fingerprint density at radius 2 is 1.35 bits per heavy atom. The maximum atomic E-state index is 12.2. The summed E-state index contributed by atoms with van der Waals surface area (Å²) < 4.78 is 26.7. The van der Waals surface area contributed by atoms with Crippen LogP contribution >= 0.6 is 6.83 Å². The maximum absolute atomic E-state index is 12.2. The predicted octanol–water partition coefficient (Wildman–Crippen LogP) is 2.38. The van der Waals surface area contributed by atoms with Crippen LogP contribution in [-0.4, -0.2) is 85.0 Å². The van der Waals surface area contributed by atoms with Crippen molar-refractivity contribution in [3.63, 3.8) is 0 Å².